The molecule has 0 aliphatic heterocycles. The third-order valence-electron chi connectivity index (χ3n) is 7.29. The highest BCUT2D eigenvalue weighted by molar-refractivity contribution is 5.10. The first kappa shape index (κ1) is 25.8. The van der Waals surface area contributed by atoms with Crippen molar-refractivity contribution in [1.82, 2.24) is 0 Å². The van der Waals surface area contributed by atoms with Crippen molar-refractivity contribution in [3.8, 4) is 0 Å². The molecule has 0 spiro atoms. The van der Waals surface area contributed by atoms with Crippen LogP contribution in [0.5, 0.6) is 0 Å². The van der Waals surface area contributed by atoms with Crippen molar-refractivity contribution in [2.45, 2.75) is 150 Å². The van der Waals surface area contributed by atoms with Crippen LogP contribution in [0.3, 0.4) is 0 Å². The Balaban J connectivity index is 2.97. The van der Waals surface area contributed by atoms with Gasteiger partial charge in [-0.15, -0.1) is 0 Å². The molecule has 0 saturated heterocycles. The van der Waals surface area contributed by atoms with Gasteiger partial charge in [0.15, 0.2) is 0 Å². The highest BCUT2D eigenvalue weighted by atomic mass is 14.4. The molecule has 0 aromatic heterocycles. The average Bonchev–Trinajstić information content (AvgIpc) is 2.69. The minimum absolute atomic E-state index is 0.909. The molecule has 0 aromatic carbocycles. The fourth-order valence-corrected chi connectivity index (χ4v) is 5.60. The molecule has 166 valence electrons. The molecule has 0 amide bonds. The number of hydrogen-bond acceptors (Lipinski definition) is 0. The summed E-state index contributed by atoms with van der Waals surface area (Å²) in [6, 6.07) is 0. The van der Waals surface area contributed by atoms with Crippen LogP contribution in [-0.2, 0) is 0 Å². The number of rotatable bonds is 16. The molecule has 0 heteroatoms. The van der Waals surface area contributed by atoms with E-state index in [0.717, 1.165) is 17.8 Å². The largest absolute Gasteiger partial charge is 0.0850 e. The Bertz CT molecular complexity index is 366. The molecule has 1 aliphatic carbocycles. The van der Waals surface area contributed by atoms with Crippen LogP contribution in [0.2, 0.25) is 0 Å². The van der Waals surface area contributed by atoms with Gasteiger partial charge in [0.1, 0.15) is 0 Å². The van der Waals surface area contributed by atoms with Gasteiger partial charge >= 0.3 is 0 Å². The minimum Gasteiger partial charge on any atom is -0.0850 e. The van der Waals surface area contributed by atoms with Crippen molar-refractivity contribution >= 4 is 0 Å². The maximum atomic E-state index is 2.72. The Morgan fingerprint density at radius 3 is 1.89 bits per heavy atom. The Morgan fingerprint density at radius 1 is 0.679 bits per heavy atom. The second kappa shape index (κ2) is 17.6. The number of unbranched alkanes of at least 4 members (excludes halogenated alkanes) is 8. The van der Waals surface area contributed by atoms with E-state index in [0.29, 0.717) is 0 Å². The van der Waals surface area contributed by atoms with Crippen molar-refractivity contribution in [2.24, 2.45) is 17.8 Å². The minimum atomic E-state index is 0.909. The third-order valence-corrected chi connectivity index (χ3v) is 7.29. The zero-order chi connectivity index (χ0) is 20.5. The van der Waals surface area contributed by atoms with E-state index in [1.807, 2.05) is 5.57 Å². The topological polar surface area (TPSA) is 0 Å². The summed E-state index contributed by atoms with van der Waals surface area (Å²) < 4.78 is 0. The van der Waals surface area contributed by atoms with Crippen molar-refractivity contribution in [3.05, 3.63) is 11.6 Å². The van der Waals surface area contributed by atoms with Crippen molar-refractivity contribution in [3.63, 3.8) is 0 Å². The summed E-state index contributed by atoms with van der Waals surface area (Å²) in [6.07, 6.45) is 29.9. The predicted octanol–water partition coefficient (Wildman–Crippen LogP) is 10.3. The molecule has 0 heterocycles. The zero-order valence-corrected chi connectivity index (χ0v) is 20.2. The first-order valence-corrected chi connectivity index (χ1v) is 13.5. The van der Waals surface area contributed by atoms with Crippen molar-refractivity contribution in [1.29, 1.82) is 0 Å². The molecular formula is C28H54. The van der Waals surface area contributed by atoms with Crippen LogP contribution < -0.4 is 0 Å². The van der Waals surface area contributed by atoms with E-state index in [4.69, 9.17) is 0 Å². The fraction of sp³-hybridized carbons (Fsp3) is 0.929. The third kappa shape index (κ3) is 10.5. The van der Waals surface area contributed by atoms with Gasteiger partial charge in [0.2, 0.25) is 0 Å². The lowest BCUT2D eigenvalue weighted by Gasteiger charge is -2.38. The summed E-state index contributed by atoms with van der Waals surface area (Å²) in [6.45, 7) is 9.44. The lowest BCUT2D eigenvalue weighted by molar-refractivity contribution is 0.182. The van der Waals surface area contributed by atoms with Gasteiger partial charge < -0.3 is 0 Å². The van der Waals surface area contributed by atoms with E-state index < -0.39 is 0 Å². The van der Waals surface area contributed by atoms with Gasteiger partial charge in [0.25, 0.3) is 0 Å². The Labute approximate surface area is 179 Å². The summed E-state index contributed by atoms with van der Waals surface area (Å²) in [7, 11) is 0. The maximum absolute atomic E-state index is 2.72. The van der Waals surface area contributed by atoms with Gasteiger partial charge in [-0.1, -0.05) is 116 Å². The molecule has 0 nitrogen and oxygen atoms in total. The van der Waals surface area contributed by atoms with E-state index in [-0.39, 0.29) is 0 Å². The summed E-state index contributed by atoms with van der Waals surface area (Å²) >= 11 is 0. The lowest BCUT2D eigenvalue weighted by Crippen LogP contribution is -2.27. The fourth-order valence-electron chi connectivity index (χ4n) is 5.60. The van der Waals surface area contributed by atoms with Gasteiger partial charge in [-0.2, -0.15) is 0 Å². The average molecular weight is 391 g/mol. The van der Waals surface area contributed by atoms with Gasteiger partial charge in [-0.05, 0) is 62.7 Å². The smallest absolute Gasteiger partial charge is 0.0172 e. The number of allylic oxidation sites excluding steroid dienone is 2. The second-order valence-corrected chi connectivity index (χ2v) is 9.68. The SMILES string of the molecule is CCCCC/C1=C/CCCC(CCCCC)C(CCCCC)C1CCCCC. The van der Waals surface area contributed by atoms with Crippen LogP contribution >= 0.6 is 0 Å². The van der Waals surface area contributed by atoms with E-state index >= 15 is 0 Å². The molecule has 3 atom stereocenters. The maximum Gasteiger partial charge on any atom is -0.0172 e. The van der Waals surface area contributed by atoms with Crippen molar-refractivity contribution in [2.75, 3.05) is 0 Å². The van der Waals surface area contributed by atoms with Crippen LogP contribution in [-0.4, -0.2) is 0 Å². The van der Waals surface area contributed by atoms with Crippen LogP contribution in [0.4, 0.5) is 0 Å². The van der Waals surface area contributed by atoms with Crippen LogP contribution in [0.1, 0.15) is 150 Å². The molecule has 0 bridgehead atoms. The van der Waals surface area contributed by atoms with E-state index in [9.17, 15) is 0 Å². The quantitative estimate of drug-likeness (QED) is 0.181. The van der Waals surface area contributed by atoms with Crippen LogP contribution in [0.25, 0.3) is 0 Å². The molecule has 1 aliphatic rings. The van der Waals surface area contributed by atoms with E-state index in [1.54, 1.807) is 0 Å². The van der Waals surface area contributed by atoms with Gasteiger partial charge in [-0.25, -0.2) is 0 Å². The van der Waals surface area contributed by atoms with E-state index in [2.05, 4.69) is 33.8 Å². The molecular weight excluding hydrogens is 336 g/mol. The lowest BCUT2D eigenvalue weighted by atomic mass is 9.67. The molecule has 0 N–H and O–H groups in total. The highest BCUT2D eigenvalue weighted by Gasteiger charge is 2.31. The Kier molecular flexibility index (Phi) is 16.2. The summed E-state index contributed by atoms with van der Waals surface area (Å²) in [5, 5.41) is 0. The van der Waals surface area contributed by atoms with E-state index in [1.165, 1.54) is 122 Å². The van der Waals surface area contributed by atoms with Crippen LogP contribution in [0.15, 0.2) is 11.6 Å². The predicted molar refractivity (Wildman–Crippen MR) is 129 cm³/mol. The Hall–Kier alpha value is -0.260. The van der Waals surface area contributed by atoms with Gasteiger partial charge in [0.05, 0.1) is 0 Å². The van der Waals surface area contributed by atoms with Crippen LogP contribution in [0, 0.1) is 17.8 Å². The van der Waals surface area contributed by atoms with Gasteiger partial charge in [0, 0.05) is 0 Å². The summed E-state index contributed by atoms with van der Waals surface area (Å²) in [4.78, 5) is 0. The summed E-state index contributed by atoms with van der Waals surface area (Å²) in [5.74, 6) is 2.89. The highest BCUT2D eigenvalue weighted by Crippen LogP contribution is 2.43. The second-order valence-electron chi connectivity index (χ2n) is 9.68. The summed E-state index contributed by atoms with van der Waals surface area (Å²) in [5.41, 5.74) is 1.89. The van der Waals surface area contributed by atoms with Gasteiger partial charge in [-0.3, -0.25) is 0 Å². The zero-order valence-electron chi connectivity index (χ0n) is 20.2. The van der Waals surface area contributed by atoms with Crippen molar-refractivity contribution < 1.29 is 0 Å². The Morgan fingerprint density at radius 2 is 1.25 bits per heavy atom. The monoisotopic (exact) mass is 390 g/mol. The molecule has 0 fully saturated rings. The molecule has 3 unspecified atom stereocenters. The molecule has 0 saturated carbocycles. The standard InChI is InChI=1S/C28H54/c1-5-9-13-19-25-21-17-18-22-26(20-14-10-6-2)28(24-16-12-8-4)27(25)23-15-11-7-3/h21,26-28H,5-20,22-24H2,1-4H3/b25-21-. The molecule has 0 aromatic rings. The normalized spacial score (nSPS) is 25.1. The number of hydrogen-bond donors (Lipinski definition) is 0. The first-order valence-electron chi connectivity index (χ1n) is 13.5. The molecule has 28 heavy (non-hydrogen) atoms. The molecule has 0 radical (unpaired) electrons. The molecule has 1 rings (SSSR count). The first-order chi connectivity index (χ1) is 13.8.